The fourth-order valence-electron chi connectivity index (χ4n) is 2.80. The van der Waals surface area contributed by atoms with Gasteiger partial charge in [-0.2, -0.15) is 0 Å². The van der Waals surface area contributed by atoms with E-state index in [-0.39, 0.29) is 12.1 Å². The van der Waals surface area contributed by atoms with Crippen molar-refractivity contribution in [2.24, 2.45) is 0 Å². The lowest BCUT2D eigenvalue weighted by Gasteiger charge is -2.07. The van der Waals surface area contributed by atoms with E-state index >= 15 is 0 Å². The van der Waals surface area contributed by atoms with Crippen molar-refractivity contribution in [3.63, 3.8) is 0 Å². The number of hydrogen-bond acceptors (Lipinski definition) is 3. The number of aryl methyl sites for hydroxylation is 1. The van der Waals surface area contributed by atoms with Gasteiger partial charge in [-0.25, -0.2) is 0 Å². The van der Waals surface area contributed by atoms with E-state index < -0.39 is 0 Å². The molecule has 0 aliphatic carbocycles. The summed E-state index contributed by atoms with van der Waals surface area (Å²) >= 11 is 0. The molecule has 27 heavy (non-hydrogen) atoms. The maximum atomic E-state index is 11.3. The quantitative estimate of drug-likeness (QED) is 0.288. The van der Waals surface area contributed by atoms with Crippen LogP contribution in [0.3, 0.4) is 0 Å². The summed E-state index contributed by atoms with van der Waals surface area (Å²) in [6, 6.07) is 7.09. The molecule has 156 valence electrons. The third kappa shape index (κ3) is 19.1. The standard InChI is InChI=1S/C17H34O2.C7H8O/c1-4-5-6-7-8-9-10-11-12-13-14-15-17(18)19-16(2)3;1-6-2-4-7(8)5-3-6/h16H,4-15H2,1-3H3;2-5,8H,1H3. The van der Waals surface area contributed by atoms with E-state index in [9.17, 15) is 4.79 Å². The summed E-state index contributed by atoms with van der Waals surface area (Å²) < 4.78 is 5.10. The monoisotopic (exact) mass is 378 g/mol. The van der Waals surface area contributed by atoms with E-state index in [0.29, 0.717) is 12.2 Å². The van der Waals surface area contributed by atoms with Crippen molar-refractivity contribution in [3.05, 3.63) is 29.8 Å². The van der Waals surface area contributed by atoms with Crippen LogP contribution in [0.2, 0.25) is 0 Å². The Bertz CT molecular complexity index is 430. The highest BCUT2D eigenvalue weighted by Gasteiger charge is 2.04. The fourth-order valence-corrected chi connectivity index (χ4v) is 2.80. The Morgan fingerprint density at radius 3 is 1.70 bits per heavy atom. The second-order valence-corrected chi connectivity index (χ2v) is 7.66. The Hall–Kier alpha value is -1.51. The minimum atomic E-state index is -0.0362. The van der Waals surface area contributed by atoms with E-state index in [1.54, 1.807) is 12.1 Å². The molecule has 0 aliphatic heterocycles. The first-order chi connectivity index (χ1) is 13.0. The first-order valence-corrected chi connectivity index (χ1v) is 10.9. The van der Waals surface area contributed by atoms with Crippen molar-refractivity contribution < 1.29 is 14.6 Å². The molecule has 3 nitrogen and oxygen atoms in total. The molecule has 0 atom stereocenters. The molecule has 3 heteroatoms. The van der Waals surface area contributed by atoms with Crippen molar-refractivity contribution in [3.8, 4) is 5.75 Å². The molecular weight excluding hydrogens is 336 g/mol. The van der Waals surface area contributed by atoms with Crippen LogP contribution in [-0.2, 0) is 9.53 Å². The number of hydrogen-bond donors (Lipinski definition) is 1. The van der Waals surface area contributed by atoms with Gasteiger partial charge in [-0.3, -0.25) is 4.79 Å². The summed E-state index contributed by atoms with van der Waals surface area (Å²) in [6.45, 7) is 8.05. The number of benzene rings is 1. The minimum absolute atomic E-state index is 0.0280. The van der Waals surface area contributed by atoms with Gasteiger partial charge in [-0.1, -0.05) is 88.8 Å². The fraction of sp³-hybridized carbons (Fsp3) is 0.708. The molecule has 0 radical (unpaired) electrons. The smallest absolute Gasteiger partial charge is 0.306 e. The van der Waals surface area contributed by atoms with Crippen molar-refractivity contribution in [1.29, 1.82) is 0 Å². The summed E-state index contributed by atoms with van der Waals surface area (Å²) in [5, 5.41) is 8.76. The number of ether oxygens (including phenoxy) is 1. The highest BCUT2D eigenvalue weighted by atomic mass is 16.5. The molecular formula is C24H42O3. The Labute approximate surface area is 167 Å². The van der Waals surface area contributed by atoms with Crippen molar-refractivity contribution in [2.75, 3.05) is 0 Å². The van der Waals surface area contributed by atoms with E-state index in [2.05, 4.69) is 6.92 Å². The topological polar surface area (TPSA) is 46.5 Å². The average Bonchev–Trinajstić information content (AvgIpc) is 2.62. The molecule has 0 bridgehead atoms. The molecule has 1 rings (SSSR count). The highest BCUT2D eigenvalue weighted by molar-refractivity contribution is 5.69. The third-order valence-electron chi connectivity index (χ3n) is 4.39. The van der Waals surface area contributed by atoms with Crippen LogP contribution in [0.15, 0.2) is 24.3 Å². The Balaban J connectivity index is 0.000000694. The summed E-state index contributed by atoms with van der Waals surface area (Å²) in [6.07, 6.45) is 15.1. The van der Waals surface area contributed by atoms with Gasteiger partial charge in [0, 0.05) is 6.42 Å². The van der Waals surface area contributed by atoms with Crippen LogP contribution in [0, 0.1) is 6.92 Å². The number of phenolic OH excluding ortho intramolecular Hbond substituents is 1. The lowest BCUT2D eigenvalue weighted by Crippen LogP contribution is -2.10. The van der Waals surface area contributed by atoms with Crippen LogP contribution in [0.4, 0.5) is 0 Å². The van der Waals surface area contributed by atoms with Gasteiger partial charge in [0.15, 0.2) is 0 Å². The minimum Gasteiger partial charge on any atom is -0.508 e. The molecule has 0 fully saturated rings. The molecule has 0 aliphatic rings. The zero-order chi connectivity index (χ0) is 20.3. The van der Waals surface area contributed by atoms with Crippen LogP contribution < -0.4 is 0 Å². The lowest BCUT2D eigenvalue weighted by atomic mass is 10.1. The van der Waals surface area contributed by atoms with Crippen LogP contribution >= 0.6 is 0 Å². The second kappa shape index (κ2) is 17.9. The normalized spacial score (nSPS) is 10.4. The van der Waals surface area contributed by atoms with Gasteiger partial charge in [-0.15, -0.1) is 0 Å². The van der Waals surface area contributed by atoms with Crippen molar-refractivity contribution in [2.45, 2.75) is 111 Å². The van der Waals surface area contributed by atoms with E-state index in [4.69, 9.17) is 9.84 Å². The van der Waals surface area contributed by atoms with Gasteiger partial charge in [0.1, 0.15) is 5.75 Å². The van der Waals surface area contributed by atoms with Gasteiger partial charge in [0.05, 0.1) is 6.10 Å². The second-order valence-electron chi connectivity index (χ2n) is 7.66. The summed E-state index contributed by atoms with van der Waals surface area (Å²) in [5.41, 5.74) is 1.17. The molecule has 0 spiro atoms. The summed E-state index contributed by atoms with van der Waals surface area (Å²) in [5.74, 6) is 0.293. The van der Waals surface area contributed by atoms with Gasteiger partial charge in [-0.05, 0) is 39.3 Å². The molecule has 0 saturated carbocycles. The van der Waals surface area contributed by atoms with Crippen LogP contribution in [0.25, 0.3) is 0 Å². The SMILES string of the molecule is CCCCCCCCCCCCCC(=O)OC(C)C.Cc1ccc(O)cc1. The molecule has 0 heterocycles. The Morgan fingerprint density at radius 2 is 1.30 bits per heavy atom. The van der Waals surface area contributed by atoms with Crippen LogP contribution in [-0.4, -0.2) is 17.2 Å². The highest BCUT2D eigenvalue weighted by Crippen LogP contribution is 2.12. The molecule has 0 aromatic heterocycles. The first kappa shape index (κ1) is 25.5. The largest absolute Gasteiger partial charge is 0.508 e. The molecule has 0 unspecified atom stereocenters. The van der Waals surface area contributed by atoms with Gasteiger partial charge >= 0.3 is 5.97 Å². The van der Waals surface area contributed by atoms with Crippen molar-refractivity contribution >= 4 is 5.97 Å². The summed E-state index contributed by atoms with van der Waals surface area (Å²) in [4.78, 5) is 11.3. The Morgan fingerprint density at radius 1 is 0.852 bits per heavy atom. The van der Waals surface area contributed by atoms with E-state index in [1.807, 2.05) is 32.9 Å². The number of rotatable bonds is 13. The lowest BCUT2D eigenvalue weighted by molar-refractivity contribution is -0.147. The maximum absolute atomic E-state index is 11.3. The predicted molar refractivity (Wildman–Crippen MR) is 115 cm³/mol. The van der Waals surface area contributed by atoms with E-state index in [1.165, 1.54) is 69.8 Å². The van der Waals surface area contributed by atoms with Crippen LogP contribution in [0.1, 0.15) is 103 Å². The number of aromatic hydroxyl groups is 1. The zero-order valence-electron chi connectivity index (χ0n) is 18.1. The zero-order valence-corrected chi connectivity index (χ0v) is 18.1. The maximum Gasteiger partial charge on any atom is 0.306 e. The van der Waals surface area contributed by atoms with Gasteiger partial charge in [0.2, 0.25) is 0 Å². The predicted octanol–water partition coefficient (Wildman–Crippen LogP) is 7.34. The number of phenols is 1. The number of unbranched alkanes of at least 4 members (excludes halogenated alkanes) is 10. The van der Waals surface area contributed by atoms with Crippen molar-refractivity contribution in [1.82, 2.24) is 0 Å². The third-order valence-corrected chi connectivity index (χ3v) is 4.39. The number of carbonyl (C=O) groups excluding carboxylic acids is 1. The van der Waals surface area contributed by atoms with Crippen LogP contribution in [0.5, 0.6) is 5.75 Å². The number of carbonyl (C=O) groups is 1. The van der Waals surface area contributed by atoms with E-state index in [0.717, 1.165) is 6.42 Å². The molecule has 1 aromatic rings. The summed E-state index contributed by atoms with van der Waals surface area (Å²) in [7, 11) is 0. The first-order valence-electron chi connectivity index (χ1n) is 10.9. The molecule has 0 amide bonds. The molecule has 0 saturated heterocycles. The molecule has 1 N–H and O–H groups in total. The van der Waals surface area contributed by atoms with Gasteiger partial charge in [0.25, 0.3) is 0 Å². The average molecular weight is 379 g/mol. The van der Waals surface area contributed by atoms with Gasteiger partial charge < -0.3 is 9.84 Å². The Kier molecular flexibility index (Phi) is 16.9. The molecule has 1 aromatic carbocycles. The number of esters is 1.